The van der Waals surface area contributed by atoms with Gasteiger partial charge >= 0.3 is 0 Å². The van der Waals surface area contributed by atoms with Crippen LogP contribution in [0.4, 0.5) is 0 Å². The number of hydrogen-bond donors (Lipinski definition) is 2. The molecule has 0 saturated heterocycles. The molecular formula is C15H15N5OS. The van der Waals surface area contributed by atoms with Gasteiger partial charge in [-0.15, -0.1) is 0 Å². The average molecular weight is 313 g/mol. The van der Waals surface area contributed by atoms with Gasteiger partial charge in [-0.2, -0.15) is 0 Å². The van der Waals surface area contributed by atoms with Crippen LogP contribution in [0.2, 0.25) is 0 Å². The van der Waals surface area contributed by atoms with Crippen LogP contribution >= 0.6 is 11.8 Å². The van der Waals surface area contributed by atoms with E-state index < -0.39 is 0 Å². The zero-order valence-corrected chi connectivity index (χ0v) is 12.8. The SMILES string of the molecule is C[C@@H](NC(=O)CSc1ncnc2nc[nH]c12)c1ccccc1. The number of amides is 1. The van der Waals surface area contributed by atoms with Crippen LogP contribution in [0.15, 0.2) is 48.0 Å². The molecule has 0 saturated carbocycles. The molecule has 0 radical (unpaired) electrons. The predicted molar refractivity (Wildman–Crippen MR) is 85.4 cm³/mol. The van der Waals surface area contributed by atoms with E-state index in [2.05, 4.69) is 25.3 Å². The molecule has 22 heavy (non-hydrogen) atoms. The number of thioether (sulfide) groups is 1. The quantitative estimate of drug-likeness (QED) is 0.558. The number of aromatic amines is 1. The summed E-state index contributed by atoms with van der Waals surface area (Å²) in [5.41, 5.74) is 2.45. The molecule has 0 aliphatic rings. The Morgan fingerprint density at radius 1 is 1.27 bits per heavy atom. The fourth-order valence-corrected chi connectivity index (χ4v) is 2.86. The van der Waals surface area contributed by atoms with Gasteiger partial charge in [0.15, 0.2) is 5.65 Å². The minimum atomic E-state index is -0.0346. The van der Waals surface area contributed by atoms with E-state index in [-0.39, 0.29) is 11.9 Å². The van der Waals surface area contributed by atoms with E-state index >= 15 is 0 Å². The van der Waals surface area contributed by atoms with Crippen molar-refractivity contribution in [1.29, 1.82) is 0 Å². The van der Waals surface area contributed by atoms with E-state index in [1.165, 1.54) is 18.1 Å². The van der Waals surface area contributed by atoms with Crippen molar-refractivity contribution in [2.45, 2.75) is 18.0 Å². The third-order valence-electron chi connectivity index (χ3n) is 3.21. The average Bonchev–Trinajstić information content (AvgIpc) is 3.03. The number of nitrogens with zero attached hydrogens (tertiary/aromatic N) is 3. The number of fused-ring (bicyclic) bond motifs is 1. The van der Waals surface area contributed by atoms with Gasteiger partial charge in [0.2, 0.25) is 5.91 Å². The molecule has 0 bridgehead atoms. The lowest BCUT2D eigenvalue weighted by molar-refractivity contribution is -0.119. The fraction of sp³-hybridized carbons (Fsp3) is 0.200. The van der Waals surface area contributed by atoms with Gasteiger partial charge in [-0.1, -0.05) is 42.1 Å². The van der Waals surface area contributed by atoms with Crippen LogP contribution in [-0.2, 0) is 4.79 Å². The summed E-state index contributed by atoms with van der Waals surface area (Å²) in [5, 5.41) is 3.71. The molecule has 0 fully saturated rings. The molecule has 2 aromatic heterocycles. The van der Waals surface area contributed by atoms with Crippen molar-refractivity contribution in [2.24, 2.45) is 0 Å². The highest BCUT2D eigenvalue weighted by Gasteiger charge is 2.12. The van der Waals surface area contributed by atoms with Gasteiger partial charge in [0, 0.05) is 0 Å². The van der Waals surface area contributed by atoms with Crippen LogP contribution in [0.25, 0.3) is 11.2 Å². The molecule has 1 amide bonds. The van der Waals surface area contributed by atoms with Gasteiger partial charge in [-0.05, 0) is 12.5 Å². The van der Waals surface area contributed by atoms with Gasteiger partial charge in [0.1, 0.15) is 16.9 Å². The molecule has 0 aliphatic heterocycles. The first-order valence-corrected chi connectivity index (χ1v) is 7.84. The molecule has 3 rings (SSSR count). The summed E-state index contributed by atoms with van der Waals surface area (Å²) in [5.74, 6) is 0.259. The molecule has 7 heteroatoms. The summed E-state index contributed by atoms with van der Waals surface area (Å²) < 4.78 is 0. The molecule has 6 nitrogen and oxygen atoms in total. The highest BCUT2D eigenvalue weighted by molar-refractivity contribution is 8.00. The number of nitrogens with one attached hydrogen (secondary N) is 2. The normalized spacial score (nSPS) is 12.2. The summed E-state index contributed by atoms with van der Waals surface area (Å²) in [4.78, 5) is 27.4. The molecule has 2 N–H and O–H groups in total. The van der Waals surface area contributed by atoms with Crippen molar-refractivity contribution >= 4 is 28.8 Å². The second kappa shape index (κ2) is 6.57. The number of hydrogen-bond acceptors (Lipinski definition) is 5. The van der Waals surface area contributed by atoms with Gasteiger partial charge in [-0.3, -0.25) is 4.79 Å². The number of rotatable bonds is 5. The zero-order chi connectivity index (χ0) is 15.4. The minimum Gasteiger partial charge on any atom is -0.349 e. The second-order valence-corrected chi connectivity index (χ2v) is 5.73. The van der Waals surface area contributed by atoms with Gasteiger partial charge in [0.05, 0.1) is 18.1 Å². The number of carbonyl (C=O) groups is 1. The molecule has 0 aliphatic carbocycles. The van der Waals surface area contributed by atoms with Gasteiger partial charge in [-0.25, -0.2) is 15.0 Å². The maximum atomic E-state index is 12.1. The number of benzene rings is 1. The first-order chi connectivity index (χ1) is 10.7. The molecule has 0 spiro atoms. The first-order valence-electron chi connectivity index (χ1n) is 6.85. The third kappa shape index (κ3) is 3.25. The predicted octanol–water partition coefficient (Wildman–Crippen LogP) is 2.32. The molecular weight excluding hydrogens is 298 g/mol. The lowest BCUT2D eigenvalue weighted by Gasteiger charge is -2.13. The van der Waals surface area contributed by atoms with E-state index in [0.717, 1.165) is 16.1 Å². The summed E-state index contributed by atoms with van der Waals surface area (Å²) in [6, 6.07) is 9.85. The van der Waals surface area contributed by atoms with Crippen LogP contribution in [0, 0.1) is 0 Å². The van der Waals surface area contributed by atoms with Crippen LogP contribution in [-0.4, -0.2) is 31.6 Å². The molecule has 112 valence electrons. The molecule has 3 aromatic rings. The summed E-state index contributed by atoms with van der Waals surface area (Å²) in [6.07, 6.45) is 3.02. The van der Waals surface area contributed by atoms with E-state index in [0.29, 0.717) is 11.4 Å². The standard InChI is InChI=1S/C15H15N5OS/c1-10(11-5-3-2-4-6-11)20-12(21)7-22-15-13-14(17-8-16-13)18-9-19-15/h2-6,8-10H,7H2,1H3,(H,20,21)(H,16,17,18,19)/t10-/m1/s1. The van der Waals surface area contributed by atoms with Crippen LogP contribution < -0.4 is 5.32 Å². The molecule has 1 atom stereocenters. The summed E-state index contributed by atoms with van der Waals surface area (Å²) >= 11 is 1.37. The Morgan fingerprint density at radius 3 is 2.91 bits per heavy atom. The number of H-pyrrole nitrogens is 1. The Morgan fingerprint density at radius 2 is 2.09 bits per heavy atom. The largest absolute Gasteiger partial charge is 0.349 e. The van der Waals surface area contributed by atoms with Crippen molar-refractivity contribution in [2.75, 3.05) is 5.75 Å². The zero-order valence-electron chi connectivity index (χ0n) is 12.0. The van der Waals surface area contributed by atoms with E-state index in [1.807, 2.05) is 37.3 Å². The smallest absolute Gasteiger partial charge is 0.230 e. The van der Waals surface area contributed by atoms with Crippen molar-refractivity contribution in [3.63, 3.8) is 0 Å². The van der Waals surface area contributed by atoms with E-state index in [4.69, 9.17) is 0 Å². The highest BCUT2D eigenvalue weighted by Crippen LogP contribution is 2.21. The topological polar surface area (TPSA) is 83.6 Å². The lowest BCUT2D eigenvalue weighted by atomic mass is 10.1. The third-order valence-corrected chi connectivity index (χ3v) is 4.19. The van der Waals surface area contributed by atoms with Gasteiger partial charge < -0.3 is 10.3 Å². The lowest BCUT2D eigenvalue weighted by Crippen LogP contribution is -2.28. The first kappa shape index (κ1) is 14.5. The fourth-order valence-electron chi connectivity index (χ4n) is 2.09. The highest BCUT2D eigenvalue weighted by atomic mass is 32.2. The minimum absolute atomic E-state index is 0.0214. The Bertz CT molecular complexity index is 774. The van der Waals surface area contributed by atoms with E-state index in [1.54, 1.807) is 6.33 Å². The van der Waals surface area contributed by atoms with Crippen molar-refractivity contribution < 1.29 is 4.79 Å². The molecule has 2 heterocycles. The van der Waals surface area contributed by atoms with Crippen molar-refractivity contribution in [1.82, 2.24) is 25.3 Å². The van der Waals surface area contributed by atoms with Crippen LogP contribution in [0.5, 0.6) is 0 Å². The number of aromatic nitrogens is 4. The summed E-state index contributed by atoms with van der Waals surface area (Å²) in [6.45, 7) is 1.97. The van der Waals surface area contributed by atoms with E-state index in [9.17, 15) is 4.79 Å². The number of imidazole rings is 1. The Balaban J connectivity index is 1.60. The monoisotopic (exact) mass is 313 g/mol. The maximum absolute atomic E-state index is 12.1. The van der Waals surface area contributed by atoms with Crippen molar-refractivity contribution in [3.8, 4) is 0 Å². The maximum Gasteiger partial charge on any atom is 0.230 e. The second-order valence-electron chi connectivity index (χ2n) is 4.77. The number of carbonyl (C=O) groups excluding carboxylic acids is 1. The Hall–Kier alpha value is -2.41. The molecule has 1 aromatic carbocycles. The Kier molecular flexibility index (Phi) is 4.34. The molecule has 0 unspecified atom stereocenters. The van der Waals surface area contributed by atoms with Crippen LogP contribution in [0.1, 0.15) is 18.5 Å². The Labute approximate surface area is 131 Å². The van der Waals surface area contributed by atoms with Crippen molar-refractivity contribution in [3.05, 3.63) is 48.5 Å². The summed E-state index contributed by atoms with van der Waals surface area (Å²) in [7, 11) is 0. The van der Waals surface area contributed by atoms with Crippen LogP contribution in [0.3, 0.4) is 0 Å². The van der Waals surface area contributed by atoms with Gasteiger partial charge in [0.25, 0.3) is 0 Å².